The zero-order valence-corrected chi connectivity index (χ0v) is 17.1. The summed E-state index contributed by atoms with van der Waals surface area (Å²) in [5.41, 5.74) is 4.71. The first-order chi connectivity index (χ1) is 13.8. The number of aromatic nitrogens is 4. The van der Waals surface area contributed by atoms with E-state index < -0.39 is 5.97 Å². The number of carbonyl (C=O) groups is 2. The van der Waals surface area contributed by atoms with Gasteiger partial charge in [-0.2, -0.15) is 5.10 Å². The number of carbonyl (C=O) groups excluding carboxylic acids is 2. The van der Waals surface area contributed by atoms with Crippen LogP contribution in [-0.4, -0.2) is 38.7 Å². The van der Waals surface area contributed by atoms with Gasteiger partial charge in [0.2, 0.25) is 5.91 Å². The standard InChI is InChI=1S/C21H23N5O3/c1-12-10-13(2)23-21(22-12)26-15(4)17(14(3)25-26)11-19(27)24-18-9-7-6-8-16(18)20(28)29-5/h6-10H,11H2,1-5H3,(H,24,27). The summed E-state index contributed by atoms with van der Waals surface area (Å²) in [6.07, 6.45) is 0.109. The largest absolute Gasteiger partial charge is 0.465 e. The number of esters is 1. The van der Waals surface area contributed by atoms with Crippen molar-refractivity contribution in [3.63, 3.8) is 0 Å². The number of amides is 1. The third kappa shape index (κ3) is 4.31. The number of anilines is 1. The quantitative estimate of drug-likeness (QED) is 0.669. The Morgan fingerprint density at radius 2 is 1.72 bits per heavy atom. The van der Waals surface area contributed by atoms with Crippen LogP contribution in [0.4, 0.5) is 5.69 Å². The molecule has 0 aliphatic heterocycles. The number of nitrogens with zero attached hydrogens (tertiary/aromatic N) is 4. The average molecular weight is 393 g/mol. The van der Waals surface area contributed by atoms with Crippen molar-refractivity contribution in [2.75, 3.05) is 12.4 Å². The molecule has 0 radical (unpaired) electrons. The van der Waals surface area contributed by atoms with E-state index in [0.717, 1.165) is 28.3 Å². The van der Waals surface area contributed by atoms with Crippen molar-refractivity contribution in [3.05, 3.63) is 64.2 Å². The number of hydrogen-bond donors (Lipinski definition) is 1. The van der Waals surface area contributed by atoms with E-state index in [0.29, 0.717) is 17.2 Å². The summed E-state index contributed by atoms with van der Waals surface area (Å²) in [5, 5.41) is 7.31. The lowest BCUT2D eigenvalue weighted by molar-refractivity contribution is -0.115. The number of ether oxygens (including phenoxy) is 1. The molecule has 0 spiro atoms. The summed E-state index contributed by atoms with van der Waals surface area (Å²) < 4.78 is 6.42. The van der Waals surface area contributed by atoms with Crippen molar-refractivity contribution < 1.29 is 14.3 Å². The Bertz CT molecular complexity index is 1070. The van der Waals surface area contributed by atoms with E-state index in [9.17, 15) is 9.59 Å². The molecular weight excluding hydrogens is 370 g/mol. The van der Waals surface area contributed by atoms with E-state index in [4.69, 9.17) is 4.74 Å². The average Bonchev–Trinajstić information content (AvgIpc) is 2.95. The predicted molar refractivity (Wildman–Crippen MR) is 108 cm³/mol. The topological polar surface area (TPSA) is 99.0 Å². The molecule has 1 aromatic carbocycles. The van der Waals surface area contributed by atoms with Crippen molar-refractivity contribution >= 4 is 17.6 Å². The molecule has 0 saturated carbocycles. The molecule has 0 bridgehead atoms. The van der Waals surface area contributed by atoms with Crippen LogP contribution in [0.25, 0.3) is 5.95 Å². The maximum Gasteiger partial charge on any atom is 0.339 e. The minimum absolute atomic E-state index is 0.109. The first-order valence-corrected chi connectivity index (χ1v) is 9.15. The van der Waals surface area contributed by atoms with E-state index in [2.05, 4.69) is 20.4 Å². The van der Waals surface area contributed by atoms with Gasteiger partial charge in [0.25, 0.3) is 5.95 Å². The fraction of sp³-hybridized carbons (Fsp3) is 0.286. The number of aryl methyl sites for hydroxylation is 3. The summed E-state index contributed by atoms with van der Waals surface area (Å²) in [5.74, 6) is -0.285. The van der Waals surface area contributed by atoms with E-state index >= 15 is 0 Å². The van der Waals surface area contributed by atoms with Crippen molar-refractivity contribution in [3.8, 4) is 5.95 Å². The molecule has 3 aromatic rings. The smallest absolute Gasteiger partial charge is 0.339 e. The Kier molecular flexibility index (Phi) is 5.72. The maximum atomic E-state index is 12.7. The van der Waals surface area contributed by atoms with Crippen LogP contribution in [0.3, 0.4) is 0 Å². The summed E-state index contributed by atoms with van der Waals surface area (Å²) in [6.45, 7) is 7.52. The molecule has 2 aromatic heterocycles. The molecule has 0 saturated heterocycles. The van der Waals surface area contributed by atoms with Gasteiger partial charge in [-0.15, -0.1) is 0 Å². The first kappa shape index (κ1) is 20.2. The Hall–Kier alpha value is -3.55. The summed E-state index contributed by atoms with van der Waals surface area (Å²) in [4.78, 5) is 33.5. The molecule has 0 aliphatic rings. The number of rotatable bonds is 5. The van der Waals surface area contributed by atoms with Gasteiger partial charge in [0, 0.05) is 22.6 Å². The Morgan fingerprint density at radius 3 is 2.38 bits per heavy atom. The van der Waals surface area contributed by atoms with Gasteiger partial charge in [0.1, 0.15) is 0 Å². The molecule has 3 rings (SSSR count). The molecule has 8 heteroatoms. The molecule has 0 atom stereocenters. The van der Waals surface area contributed by atoms with Crippen molar-refractivity contribution in [1.29, 1.82) is 0 Å². The van der Waals surface area contributed by atoms with E-state index in [-0.39, 0.29) is 12.3 Å². The zero-order chi connectivity index (χ0) is 21.1. The van der Waals surface area contributed by atoms with E-state index in [1.165, 1.54) is 7.11 Å². The molecule has 1 amide bonds. The number of para-hydroxylation sites is 1. The fourth-order valence-corrected chi connectivity index (χ4v) is 3.16. The van der Waals surface area contributed by atoms with Gasteiger partial charge < -0.3 is 10.1 Å². The second-order valence-electron chi connectivity index (χ2n) is 6.77. The number of nitrogens with one attached hydrogen (secondary N) is 1. The highest BCUT2D eigenvalue weighted by Crippen LogP contribution is 2.20. The number of benzene rings is 1. The maximum absolute atomic E-state index is 12.7. The number of methoxy groups -OCH3 is 1. The van der Waals surface area contributed by atoms with Crippen LogP contribution in [0, 0.1) is 27.7 Å². The van der Waals surface area contributed by atoms with Crippen LogP contribution in [0.2, 0.25) is 0 Å². The lowest BCUT2D eigenvalue weighted by atomic mass is 10.1. The number of hydrogen-bond acceptors (Lipinski definition) is 6. The molecule has 8 nitrogen and oxygen atoms in total. The van der Waals surface area contributed by atoms with Gasteiger partial charge in [-0.3, -0.25) is 4.79 Å². The first-order valence-electron chi connectivity index (χ1n) is 9.15. The zero-order valence-electron chi connectivity index (χ0n) is 17.1. The SMILES string of the molecule is COC(=O)c1ccccc1NC(=O)Cc1c(C)nn(-c2nc(C)cc(C)n2)c1C. The van der Waals surface area contributed by atoms with Crippen molar-refractivity contribution in [2.45, 2.75) is 34.1 Å². The van der Waals surface area contributed by atoms with Crippen molar-refractivity contribution in [2.24, 2.45) is 0 Å². The monoisotopic (exact) mass is 393 g/mol. The van der Waals surface area contributed by atoms with Crippen LogP contribution in [0.15, 0.2) is 30.3 Å². The Labute approximate surface area is 168 Å². The molecule has 0 unspecified atom stereocenters. The minimum Gasteiger partial charge on any atom is -0.465 e. The Balaban J connectivity index is 1.85. The fourth-order valence-electron chi connectivity index (χ4n) is 3.16. The minimum atomic E-state index is -0.506. The second-order valence-corrected chi connectivity index (χ2v) is 6.77. The highest BCUT2D eigenvalue weighted by Gasteiger charge is 2.19. The molecule has 2 heterocycles. The van der Waals surface area contributed by atoms with Gasteiger partial charge in [0.15, 0.2) is 0 Å². The molecular formula is C21H23N5O3. The summed E-state index contributed by atoms with van der Waals surface area (Å²) in [6, 6.07) is 8.62. The van der Waals surface area contributed by atoms with E-state index in [1.807, 2.05) is 33.8 Å². The van der Waals surface area contributed by atoms with Crippen molar-refractivity contribution in [1.82, 2.24) is 19.7 Å². The van der Waals surface area contributed by atoms with Crippen LogP contribution in [0.1, 0.15) is 38.7 Å². The second kappa shape index (κ2) is 8.22. The van der Waals surface area contributed by atoms with Crippen LogP contribution in [0.5, 0.6) is 0 Å². The van der Waals surface area contributed by atoms with Gasteiger partial charge in [-0.05, 0) is 45.9 Å². The predicted octanol–water partition coefficient (Wildman–Crippen LogP) is 2.86. The highest BCUT2D eigenvalue weighted by molar-refractivity contribution is 6.01. The third-order valence-electron chi connectivity index (χ3n) is 4.54. The van der Waals surface area contributed by atoms with Crippen LogP contribution < -0.4 is 5.32 Å². The molecule has 0 aliphatic carbocycles. The highest BCUT2D eigenvalue weighted by atomic mass is 16.5. The van der Waals surface area contributed by atoms with Gasteiger partial charge >= 0.3 is 5.97 Å². The van der Waals surface area contributed by atoms with Gasteiger partial charge in [-0.1, -0.05) is 12.1 Å². The van der Waals surface area contributed by atoms with Crippen LogP contribution >= 0.6 is 0 Å². The molecule has 0 fully saturated rings. The third-order valence-corrected chi connectivity index (χ3v) is 4.54. The van der Waals surface area contributed by atoms with Crippen LogP contribution in [-0.2, 0) is 16.0 Å². The lowest BCUT2D eigenvalue weighted by Crippen LogP contribution is -2.18. The summed E-state index contributed by atoms with van der Waals surface area (Å²) >= 11 is 0. The molecule has 1 N–H and O–H groups in total. The summed E-state index contributed by atoms with van der Waals surface area (Å²) in [7, 11) is 1.30. The normalized spacial score (nSPS) is 10.7. The molecule has 150 valence electrons. The lowest BCUT2D eigenvalue weighted by Gasteiger charge is -2.10. The van der Waals surface area contributed by atoms with Gasteiger partial charge in [-0.25, -0.2) is 19.4 Å². The molecule has 29 heavy (non-hydrogen) atoms. The van der Waals surface area contributed by atoms with Gasteiger partial charge in [0.05, 0.1) is 30.5 Å². The Morgan fingerprint density at radius 1 is 1.07 bits per heavy atom. The van der Waals surface area contributed by atoms with E-state index in [1.54, 1.807) is 28.9 Å².